The van der Waals surface area contributed by atoms with Gasteiger partial charge >= 0.3 is 5.63 Å². The Balaban J connectivity index is 2.09. The third-order valence-corrected chi connectivity index (χ3v) is 4.07. The zero-order valence-corrected chi connectivity index (χ0v) is 13.8. The summed E-state index contributed by atoms with van der Waals surface area (Å²) in [6, 6.07) is 3.45. The molecule has 0 aliphatic carbocycles. The number of azide groups is 1. The molecular weight excluding hydrogens is 310 g/mol. The molecule has 2 heterocycles. The second-order valence-corrected chi connectivity index (χ2v) is 5.65. The Morgan fingerprint density at radius 2 is 1.92 bits per heavy atom. The Labute approximate surface area is 137 Å². The minimum Gasteiger partial charge on any atom is -0.461 e. The lowest BCUT2D eigenvalue weighted by Crippen LogP contribution is -2.00. The number of rotatable bonds is 5. The number of ether oxygens (including phenoxy) is 1. The van der Waals surface area contributed by atoms with Crippen molar-refractivity contribution in [1.82, 2.24) is 0 Å². The van der Waals surface area contributed by atoms with E-state index in [2.05, 4.69) is 10.0 Å². The first-order chi connectivity index (χ1) is 11.5. The van der Waals surface area contributed by atoms with Gasteiger partial charge in [0.1, 0.15) is 16.9 Å². The highest BCUT2D eigenvalue weighted by Gasteiger charge is 2.17. The summed E-state index contributed by atoms with van der Waals surface area (Å²) in [4.78, 5) is 14.3. The van der Waals surface area contributed by atoms with Gasteiger partial charge in [-0.15, -0.1) is 0 Å². The van der Waals surface area contributed by atoms with E-state index < -0.39 is 0 Å². The van der Waals surface area contributed by atoms with E-state index in [4.69, 9.17) is 19.1 Å². The van der Waals surface area contributed by atoms with Crippen molar-refractivity contribution >= 4 is 21.9 Å². The van der Waals surface area contributed by atoms with Crippen molar-refractivity contribution in [2.24, 2.45) is 5.11 Å². The smallest absolute Gasteiger partial charge is 0.336 e. The molecule has 0 N–H and O–H groups in total. The van der Waals surface area contributed by atoms with Crippen molar-refractivity contribution in [3.8, 4) is 0 Å². The molecular formula is C17H17N3O4. The topological polar surface area (TPSA) is 101 Å². The van der Waals surface area contributed by atoms with Gasteiger partial charge in [-0.3, -0.25) is 0 Å². The van der Waals surface area contributed by atoms with E-state index in [-0.39, 0.29) is 12.2 Å². The average Bonchev–Trinajstić information content (AvgIpc) is 2.85. The van der Waals surface area contributed by atoms with Gasteiger partial charge in [0.25, 0.3) is 0 Å². The predicted octanol–water partition coefficient (Wildman–Crippen LogP) is 4.29. The molecule has 2 aromatic heterocycles. The maximum atomic E-state index is 11.6. The van der Waals surface area contributed by atoms with Crippen molar-refractivity contribution in [1.29, 1.82) is 0 Å². The number of hydrogen-bond acceptors (Lipinski definition) is 5. The van der Waals surface area contributed by atoms with Crippen LogP contribution >= 0.6 is 0 Å². The Morgan fingerprint density at radius 1 is 1.17 bits per heavy atom. The molecule has 7 nitrogen and oxygen atoms in total. The van der Waals surface area contributed by atoms with Gasteiger partial charge in [-0.1, -0.05) is 5.11 Å². The molecule has 0 spiro atoms. The molecule has 0 radical (unpaired) electrons. The predicted molar refractivity (Wildman–Crippen MR) is 90.1 cm³/mol. The summed E-state index contributed by atoms with van der Waals surface area (Å²) in [6.07, 6.45) is 0. The first-order valence-electron chi connectivity index (χ1n) is 7.57. The normalized spacial score (nSPS) is 11.1. The minimum absolute atomic E-state index is 0.289. The lowest BCUT2D eigenvalue weighted by atomic mass is 10.0. The SMILES string of the molecule is Cc1oc2c(C)c3oc(=O)cc(C)c3cc2c1COCCN=[N+]=[N-]. The first kappa shape index (κ1) is 16.1. The molecule has 124 valence electrons. The fourth-order valence-corrected chi connectivity index (χ4v) is 2.86. The van der Waals surface area contributed by atoms with Crippen LogP contribution in [0.5, 0.6) is 0 Å². The fourth-order valence-electron chi connectivity index (χ4n) is 2.86. The minimum atomic E-state index is -0.368. The van der Waals surface area contributed by atoms with Crippen LogP contribution in [0.25, 0.3) is 32.4 Å². The molecule has 3 rings (SSSR count). The van der Waals surface area contributed by atoms with E-state index in [1.54, 1.807) is 0 Å². The summed E-state index contributed by atoms with van der Waals surface area (Å²) >= 11 is 0. The maximum Gasteiger partial charge on any atom is 0.336 e. The summed E-state index contributed by atoms with van der Waals surface area (Å²) in [7, 11) is 0. The third kappa shape index (κ3) is 2.75. The van der Waals surface area contributed by atoms with E-state index in [1.807, 2.05) is 26.8 Å². The van der Waals surface area contributed by atoms with Gasteiger partial charge in [-0.05, 0) is 37.9 Å². The number of fused-ring (bicyclic) bond motifs is 2. The second kappa shape index (κ2) is 6.39. The Kier molecular flexibility index (Phi) is 4.29. The highest BCUT2D eigenvalue weighted by Crippen LogP contribution is 2.34. The average molecular weight is 327 g/mol. The molecule has 0 aliphatic rings. The molecule has 0 unspecified atom stereocenters. The van der Waals surface area contributed by atoms with Gasteiger partial charge in [0.15, 0.2) is 0 Å². The zero-order valence-electron chi connectivity index (χ0n) is 13.8. The molecule has 7 heteroatoms. The van der Waals surface area contributed by atoms with Crippen LogP contribution in [-0.2, 0) is 11.3 Å². The van der Waals surface area contributed by atoms with Crippen LogP contribution in [0.3, 0.4) is 0 Å². The van der Waals surface area contributed by atoms with E-state index in [0.717, 1.165) is 33.2 Å². The molecule has 0 saturated heterocycles. The van der Waals surface area contributed by atoms with Crippen LogP contribution in [0.4, 0.5) is 0 Å². The van der Waals surface area contributed by atoms with Gasteiger partial charge in [0, 0.05) is 39.4 Å². The number of hydrogen-bond donors (Lipinski definition) is 0. The van der Waals surface area contributed by atoms with Crippen LogP contribution in [0.15, 0.2) is 30.9 Å². The van der Waals surface area contributed by atoms with Gasteiger partial charge < -0.3 is 13.6 Å². The number of nitrogens with zero attached hydrogens (tertiary/aromatic N) is 3. The van der Waals surface area contributed by atoms with Crippen LogP contribution < -0.4 is 5.63 Å². The standard InChI is InChI=1S/C17H17N3O4/c1-9-6-15(21)24-16-10(2)17-13(7-12(9)16)14(11(3)23-17)8-22-5-4-19-20-18/h6-7H,4-5,8H2,1-3H3. The zero-order chi connectivity index (χ0) is 17.3. The first-order valence-corrected chi connectivity index (χ1v) is 7.57. The molecule has 0 aliphatic heterocycles. The Bertz CT molecular complexity index is 1030. The van der Waals surface area contributed by atoms with Crippen LogP contribution in [0.2, 0.25) is 0 Å². The van der Waals surface area contributed by atoms with Gasteiger partial charge in [0.05, 0.1) is 13.2 Å². The third-order valence-electron chi connectivity index (χ3n) is 4.07. The van der Waals surface area contributed by atoms with Crippen molar-refractivity contribution in [3.05, 3.63) is 55.4 Å². The van der Waals surface area contributed by atoms with Crippen molar-refractivity contribution in [2.75, 3.05) is 13.2 Å². The summed E-state index contributed by atoms with van der Waals surface area (Å²) in [5.74, 6) is 0.757. The van der Waals surface area contributed by atoms with Crippen LogP contribution in [-0.4, -0.2) is 13.2 Å². The van der Waals surface area contributed by atoms with E-state index in [1.165, 1.54) is 6.07 Å². The maximum absolute atomic E-state index is 11.6. The van der Waals surface area contributed by atoms with E-state index >= 15 is 0 Å². The molecule has 3 aromatic rings. The number of aryl methyl sites for hydroxylation is 3. The Morgan fingerprint density at radius 3 is 2.67 bits per heavy atom. The molecule has 0 amide bonds. The Hall–Kier alpha value is -2.76. The summed E-state index contributed by atoms with van der Waals surface area (Å²) in [6.45, 7) is 6.63. The molecule has 0 saturated carbocycles. The number of furan rings is 1. The molecule has 24 heavy (non-hydrogen) atoms. The van der Waals surface area contributed by atoms with Gasteiger partial charge in [-0.2, -0.15) is 0 Å². The van der Waals surface area contributed by atoms with Crippen LogP contribution in [0.1, 0.15) is 22.5 Å². The van der Waals surface area contributed by atoms with E-state index in [9.17, 15) is 4.79 Å². The lowest BCUT2D eigenvalue weighted by Gasteiger charge is -2.06. The van der Waals surface area contributed by atoms with E-state index in [0.29, 0.717) is 24.4 Å². The highest BCUT2D eigenvalue weighted by atomic mass is 16.5. The molecule has 0 fully saturated rings. The van der Waals surface area contributed by atoms with Crippen molar-refractivity contribution in [3.63, 3.8) is 0 Å². The molecule has 0 atom stereocenters. The van der Waals surface area contributed by atoms with Crippen LogP contribution in [0, 0.1) is 20.8 Å². The quantitative estimate of drug-likeness (QED) is 0.229. The highest BCUT2D eigenvalue weighted by molar-refractivity contribution is 5.99. The summed E-state index contributed by atoms with van der Waals surface area (Å²) in [5.41, 5.74) is 11.8. The fraction of sp³-hybridized carbons (Fsp3) is 0.353. The molecule has 1 aromatic carbocycles. The lowest BCUT2D eigenvalue weighted by molar-refractivity contribution is 0.128. The largest absolute Gasteiger partial charge is 0.461 e. The monoisotopic (exact) mass is 327 g/mol. The van der Waals surface area contributed by atoms with Gasteiger partial charge in [-0.25, -0.2) is 4.79 Å². The van der Waals surface area contributed by atoms with Crippen molar-refractivity contribution in [2.45, 2.75) is 27.4 Å². The van der Waals surface area contributed by atoms with Gasteiger partial charge in [0.2, 0.25) is 0 Å². The summed E-state index contributed by atoms with van der Waals surface area (Å²) in [5, 5.41) is 5.27. The number of benzene rings is 1. The second-order valence-electron chi connectivity index (χ2n) is 5.65. The summed E-state index contributed by atoms with van der Waals surface area (Å²) < 4.78 is 16.8. The molecule has 0 bridgehead atoms. The van der Waals surface area contributed by atoms with Crippen molar-refractivity contribution < 1.29 is 13.6 Å².